The number of para-hydroxylation sites is 1. The van der Waals surface area contributed by atoms with Crippen molar-refractivity contribution in [3.63, 3.8) is 0 Å². The molecule has 0 saturated carbocycles. The molecule has 1 atom stereocenters. The second-order valence-corrected chi connectivity index (χ2v) is 4.93. The summed E-state index contributed by atoms with van der Waals surface area (Å²) in [6, 6.07) is 14.6. The zero-order chi connectivity index (χ0) is 13.8. The molecule has 102 valence electrons. The number of aryl methyl sites for hydroxylation is 1. The number of hydrogen-bond donors (Lipinski definition) is 1. The van der Waals surface area contributed by atoms with Gasteiger partial charge in [0, 0.05) is 17.8 Å². The number of fused-ring (bicyclic) bond motifs is 1. The molecule has 3 rings (SSSR count). The highest BCUT2D eigenvalue weighted by atomic mass is 16.3. The van der Waals surface area contributed by atoms with Gasteiger partial charge in [-0.05, 0) is 43.7 Å². The van der Waals surface area contributed by atoms with Crippen molar-refractivity contribution in [3.05, 3.63) is 66.2 Å². The highest BCUT2D eigenvalue weighted by molar-refractivity contribution is 5.77. The zero-order valence-corrected chi connectivity index (χ0v) is 11.5. The average Bonchev–Trinajstić information content (AvgIpc) is 2.92. The van der Waals surface area contributed by atoms with Crippen LogP contribution in [0.1, 0.15) is 23.8 Å². The standard InChI is InChI=1S/C17H18N2O/c1-18-15(9-8-13-5-4-10-19-12-13)17-11-14-6-2-3-7-16(14)20-17/h2-7,10-12,15,18H,8-9H2,1H3. The molecule has 1 aromatic carbocycles. The summed E-state index contributed by atoms with van der Waals surface area (Å²) in [5.74, 6) is 0.998. The number of rotatable bonds is 5. The first-order valence-corrected chi connectivity index (χ1v) is 6.91. The molecule has 3 aromatic rings. The minimum Gasteiger partial charge on any atom is -0.459 e. The van der Waals surface area contributed by atoms with Crippen LogP contribution in [0.25, 0.3) is 11.0 Å². The molecule has 1 unspecified atom stereocenters. The lowest BCUT2D eigenvalue weighted by Gasteiger charge is -2.13. The predicted octanol–water partition coefficient (Wildman–Crippen LogP) is 3.72. The van der Waals surface area contributed by atoms with E-state index in [-0.39, 0.29) is 6.04 Å². The van der Waals surface area contributed by atoms with Gasteiger partial charge in [-0.3, -0.25) is 4.98 Å². The molecule has 0 aliphatic heterocycles. The molecule has 0 amide bonds. The van der Waals surface area contributed by atoms with E-state index in [1.165, 1.54) is 5.56 Å². The van der Waals surface area contributed by atoms with Gasteiger partial charge in [-0.2, -0.15) is 0 Å². The number of aromatic nitrogens is 1. The van der Waals surface area contributed by atoms with Gasteiger partial charge in [0.15, 0.2) is 0 Å². The van der Waals surface area contributed by atoms with Crippen molar-refractivity contribution < 1.29 is 4.42 Å². The second kappa shape index (κ2) is 5.88. The molecule has 0 aliphatic carbocycles. The van der Waals surface area contributed by atoms with Gasteiger partial charge in [0.1, 0.15) is 11.3 Å². The Labute approximate surface area is 118 Å². The third kappa shape index (κ3) is 2.73. The van der Waals surface area contributed by atoms with Crippen molar-refractivity contribution in [2.45, 2.75) is 18.9 Å². The van der Waals surface area contributed by atoms with E-state index >= 15 is 0 Å². The molecule has 0 bridgehead atoms. The first kappa shape index (κ1) is 12.9. The monoisotopic (exact) mass is 266 g/mol. The van der Waals surface area contributed by atoms with Crippen LogP contribution in [0.2, 0.25) is 0 Å². The SMILES string of the molecule is CNC(CCc1cccnc1)c1cc2ccccc2o1. The first-order valence-electron chi connectivity index (χ1n) is 6.91. The van der Waals surface area contributed by atoms with Crippen molar-refractivity contribution in [3.8, 4) is 0 Å². The van der Waals surface area contributed by atoms with Gasteiger partial charge in [0.2, 0.25) is 0 Å². The van der Waals surface area contributed by atoms with E-state index in [0.717, 1.165) is 29.6 Å². The van der Waals surface area contributed by atoms with Crippen molar-refractivity contribution >= 4 is 11.0 Å². The summed E-state index contributed by atoms with van der Waals surface area (Å²) in [5, 5.41) is 4.49. The van der Waals surface area contributed by atoms with Crippen LogP contribution in [-0.4, -0.2) is 12.0 Å². The molecule has 0 spiro atoms. The summed E-state index contributed by atoms with van der Waals surface area (Å²) in [7, 11) is 1.97. The maximum absolute atomic E-state index is 5.93. The third-order valence-electron chi connectivity index (χ3n) is 3.58. The third-order valence-corrected chi connectivity index (χ3v) is 3.58. The lowest BCUT2D eigenvalue weighted by Crippen LogP contribution is -2.16. The number of benzene rings is 1. The van der Waals surface area contributed by atoms with Gasteiger partial charge < -0.3 is 9.73 Å². The molecule has 3 nitrogen and oxygen atoms in total. The van der Waals surface area contributed by atoms with E-state index < -0.39 is 0 Å². The van der Waals surface area contributed by atoms with Crippen LogP contribution in [0, 0.1) is 0 Å². The summed E-state index contributed by atoms with van der Waals surface area (Å²) in [6.07, 6.45) is 5.70. The number of pyridine rings is 1. The van der Waals surface area contributed by atoms with Crippen molar-refractivity contribution in [2.24, 2.45) is 0 Å². The molecule has 2 heterocycles. The minimum atomic E-state index is 0.225. The Hall–Kier alpha value is -2.13. The molecular formula is C17H18N2O. The average molecular weight is 266 g/mol. The Bertz CT molecular complexity index is 643. The molecule has 2 aromatic heterocycles. The van der Waals surface area contributed by atoms with Crippen LogP contribution in [0.4, 0.5) is 0 Å². The Morgan fingerprint density at radius 3 is 2.85 bits per heavy atom. The topological polar surface area (TPSA) is 38.1 Å². The predicted molar refractivity (Wildman–Crippen MR) is 80.6 cm³/mol. The second-order valence-electron chi connectivity index (χ2n) is 4.93. The Kier molecular flexibility index (Phi) is 3.79. The van der Waals surface area contributed by atoms with Gasteiger partial charge in [-0.25, -0.2) is 0 Å². The summed E-state index contributed by atoms with van der Waals surface area (Å²) in [4.78, 5) is 4.15. The number of nitrogens with one attached hydrogen (secondary N) is 1. The lowest BCUT2D eigenvalue weighted by atomic mass is 10.0. The fourth-order valence-corrected chi connectivity index (χ4v) is 2.46. The first-order chi connectivity index (χ1) is 9.86. The van der Waals surface area contributed by atoms with Crippen LogP contribution in [0.5, 0.6) is 0 Å². The summed E-state index contributed by atoms with van der Waals surface area (Å²) < 4.78 is 5.93. The minimum absolute atomic E-state index is 0.225. The Balaban J connectivity index is 1.75. The van der Waals surface area contributed by atoms with E-state index in [2.05, 4.69) is 28.5 Å². The van der Waals surface area contributed by atoms with Crippen LogP contribution < -0.4 is 5.32 Å². The fourth-order valence-electron chi connectivity index (χ4n) is 2.46. The Morgan fingerprint density at radius 1 is 1.20 bits per heavy atom. The molecule has 0 aliphatic rings. The van der Waals surface area contributed by atoms with Gasteiger partial charge in [-0.15, -0.1) is 0 Å². The molecule has 0 radical (unpaired) electrons. The quantitative estimate of drug-likeness (QED) is 0.764. The lowest BCUT2D eigenvalue weighted by molar-refractivity contribution is 0.433. The van der Waals surface area contributed by atoms with Gasteiger partial charge in [-0.1, -0.05) is 24.3 Å². The van der Waals surface area contributed by atoms with Gasteiger partial charge in [0.25, 0.3) is 0 Å². The largest absolute Gasteiger partial charge is 0.459 e. The van der Waals surface area contributed by atoms with Crippen LogP contribution in [-0.2, 0) is 6.42 Å². The van der Waals surface area contributed by atoms with E-state index in [1.54, 1.807) is 6.20 Å². The van der Waals surface area contributed by atoms with E-state index in [1.807, 2.05) is 37.5 Å². The number of nitrogens with zero attached hydrogens (tertiary/aromatic N) is 1. The summed E-state index contributed by atoms with van der Waals surface area (Å²) >= 11 is 0. The number of hydrogen-bond acceptors (Lipinski definition) is 3. The van der Waals surface area contributed by atoms with E-state index in [9.17, 15) is 0 Å². The highest BCUT2D eigenvalue weighted by Crippen LogP contribution is 2.26. The molecule has 20 heavy (non-hydrogen) atoms. The van der Waals surface area contributed by atoms with Crippen LogP contribution in [0.15, 0.2) is 59.3 Å². The van der Waals surface area contributed by atoms with Crippen LogP contribution in [0.3, 0.4) is 0 Å². The molecule has 0 saturated heterocycles. The normalized spacial score (nSPS) is 12.7. The molecule has 0 fully saturated rings. The van der Waals surface area contributed by atoms with Gasteiger partial charge in [0.05, 0.1) is 6.04 Å². The van der Waals surface area contributed by atoms with Crippen molar-refractivity contribution in [1.29, 1.82) is 0 Å². The Morgan fingerprint density at radius 2 is 2.10 bits per heavy atom. The maximum atomic E-state index is 5.93. The highest BCUT2D eigenvalue weighted by Gasteiger charge is 2.14. The fraction of sp³-hybridized carbons (Fsp3) is 0.235. The zero-order valence-electron chi connectivity index (χ0n) is 11.5. The molecule has 1 N–H and O–H groups in total. The summed E-state index contributed by atoms with van der Waals surface area (Å²) in [6.45, 7) is 0. The van der Waals surface area contributed by atoms with Gasteiger partial charge >= 0.3 is 0 Å². The van der Waals surface area contributed by atoms with Crippen LogP contribution >= 0.6 is 0 Å². The maximum Gasteiger partial charge on any atom is 0.134 e. The van der Waals surface area contributed by atoms with E-state index in [0.29, 0.717) is 0 Å². The number of furan rings is 1. The van der Waals surface area contributed by atoms with Crippen molar-refractivity contribution in [2.75, 3.05) is 7.05 Å². The molecule has 3 heteroatoms. The smallest absolute Gasteiger partial charge is 0.134 e. The summed E-state index contributed by atoms with van der Waals surface area (Å²) in [5.41, 5.74) is 2.20. The van der Waals surface area contributed by atoms with Crippen molar-refractivity contribution in [1.82, 2.24) is 10.3 Å². The molecular weight excluding hydrogens is 248 g/mol. The van der Waals surface area contributed by atoms with E-state index in [4.69, 9.17) is 4.42 Å².